The van der Waals surface area contributed by atoms with Crippen LogP contribution in [0.1, 0.15) is 29.7 Å². The summed E-state index contributed by atoms with van der Waals surface area (Å²) >= 11 is 0. The van der Waals surface area contributed by atoms with Crippen molar-refractivity contribution in [3.05, 3.63) is 22.9 Å². The molecule has 0 aliphatic carbocycles. The maximum absolute atomic E-state index is 12.1. The zero-order valence-electron chi connectivity index (χ0n) is 13.8. The van der Waals surface area contributed by atoms with Crippen LogP contribution in [0.5, 0.6) is 0 Å². The van der Waals surface area contributed by atoms with Crippen LogP contribution in [0.15, 0.2) is 6.07 Å². The van der Waals surface area contributed by atoms with E-state index in [1.54, 1.807) is 0 Å². The molecule has 1 aromatic heterocycles. The number of aryl methyl sites for hydroxylation is 2. The first kappa shape index (κ1) is 15.8. The number of amides is 1. The second kappa shape index (κ2) is 6.55. The van der Waals surface area contributed by atoms with E-state index in [9.17, 15) is 10.1 Å². The Balaban J connectivity index is 1.84. The molecule has 122 valence electrons. The van der Waals surface area contributed by atoms with Gasteiger partial charge < -0.3 is 15.1 Å². The Morgan fingerprint density at radius 2 is 2.22 bits per heavy atom. The molecule has 6 heteroatoms. The van der Waals surface area contributed by atoms with E-state index < -0.39 is 0 Å². The fourth-order valence-electron chi connectivity index (χ4n) is 3.59. The minimum atomic E-state index is 0.178. The predicted octanol–water partition coefficient (Wildman–Crippen LogP) is 0.971. The highest BCUT2D eigenvalue weighted by Crippen LogP contribution is 2.26. The molecular weight excluding hydrogens is 290 g/mol. The highest BCUT2D eigenvalue weighted by Gasteiger charge is 2.31. The Labute approximate surface area is 137 Å². The van der Waals surface area contributed by atoms with Crippen molar-refractivity contribution in [3.63, 3.8) is 0 Å². The van der Waals surface area contributed by atoms with Crippen molar-refractivity contribution in [1.29, 1.82) is 5.26 Å². The average molecular weight is 313 g/mol. The van der Waals surface area contributed by atoms with E-state index in [1.165, 1.54) is 0 Å². The van der Waals surface area contributed by atoms with Gasteiger partial charge in [0.1, 0.15) is 11.9 Å². The SMILES string of the molecule is Cc1cc(C)c(C#N)c(N2CCCC(N3CCNCC3=O)C2)n1. The largest absolute Gasteiger partial charge is 0.353 e. The summed E-state index contributed by atoms with van der Waals surface area (Å²) in [6.45, 7) is 7.62. The van der Waals surface area contributed by atoms with E-state index in [0.29, 0.717) is 12.1 Å². The monoisotopic (exact) mass is 313 g/mol. The van der Waals surface area contributed by atoms with E-state index in [2.05, 4.69) is 21.3 Å². The summed E-state index contributed by atoms with van der Waals surface area (Å²) in [7, 11) is 0. The molecule has 0 aromatic carbocycles. The molecule has 6 nitrogen and oxygen atoms in total. The number of piperazine rings is 1. The molecule has 1 atom stereocenters. The Bertz CT molecular complexity index is 651. The van der Waals surface area contributed by atoms with Gasteiger partial charge in [-0.1, -0.05) is 0 Å². The molecule has 23 heavy (non-hydrogen) atoms. The number of pyridine rings is 1. The number of nitrogens with zero attached hydrogens (tertiary/aromatic N) is 4. The number of aromatic nitrogens is 1. The van der Waals surface area contributed by atoms with Gasteiger partial charge in [0.15, 0.2) is 0 Å². The Hall–Kier alpha value is -2.13. The summed E-state index contributed by atoms with van der Waals surface area (Å²) < 4.78 is 0. The molecule has 1 N–H and O–H groups in total. The van der Waals surface area contributed by atoms with Gasteiger partial charge in [-0.05, 0) is 38.3 Å². The molecule has 0 saturated carbocycles. The Morgan fingerprint density at radius 1 is 1.39 bits per heavy atom. The molecule has 2 aliphatic heterocycles. The van der Waals surface area contributed by atoms with Crippen LogP contribution >= 0.6 is 0 Å². The van der Waals surface area contributed by atoms with Crippen LogP contribution in [-0.4, -0.2) is 54.6 Å². The smallest absolute Gasteiger partial charge is 0.236 e. The normalized spacial score (nSPS) is 22.1. The van der Waals surface area contributed by atoms with Gasteiger partial charge in [0.25, 0.3) is 0 Å². The molecule has 3 heterocycles. The minimum absolute atomic E-state index is 0.178. The van der Waals surface area contributed by atoms with Crippen LogP contribution in [0.25, 0.3) is 0 Å². The first-order valence-corrected chi connectivity index (χ1v) is 8.23. The third-order valence-electron chi connectivity index (χ3n) is 4.70. The summed E-state index contributed by atoms with van der Waals surface area (Å²) in [6, 6.07) is 4.46. The van der Waals surface area contributed by atoms with Crippen molar-refractivity contribution < 1.29 is 4.79 Å². The number of anilines is 1. The average Bonchev–Trinajstić information content (AvgIpc) is 2.55. The number of nitrogens with one attached hydrogen (secondary N) is 1. The molecule has 1 aromatic rings. The van der Waals surface area contributed by atoms with Crippen LogP contribution in [-0.2, 0) is 4.79 Å². The highest BCUT2D eigenvalue weighted by atomic mass is 16.2. The third-order valence-corrected chi connectivity index (χ3v) is 4.70. The number of hydrogen-bond donors (Lipinski definition) is 1. The van der Waals surface area contributed by atoms with Gasteiger partial charge in [-0.15, -0.1) is 0 Å². The zero-order chi connectivity index (χ0) is 16.4. The van der Waals surface area contributed by atoms with Crippen molar-refractivity contribution in [2.75, 3.05) is 37.6 Å². The van der Waals surface area contributed by atoms with Crippen LogP contribution in [0.2, 0.25) is 0 Å². The molecule has 2 fully saturated rings. The van der Waals surface area contributed by atoms with E-state index >= 15 is 0 Å². The number of carbonyl (C=O) groups is 1. The van der Waals surface area contributed by atoms with Crippen molar-refractivity contribution in [3.8, 4) is 6.07 Å². The quantitative estimate of drug-likeness (QED) is 0.881. The van der Waals surface area contributed by atoms with Gasteiger partial charge >= 0.3 is 0 Å². The van der Waals surface area contributed by atoms with Crippen molar-refractivity contribution in [2.45, 2.75) is 32.7 Å². The van der Waals surface area contributed by atoms with E-state index in [0.717, 1.165) is 56.1 Å². The maximum Gasteiger partial charge on any atom is 0.236 e. The number of rotatable bonds is 2. The standard InChI is InChI=1S/C17H23N5O/c1-12-8-13(2)20-17(15(12)9-18)21-6-3-4-14(11-21)22-7-5-19-10-16(22)23/h8,14,19H,3-7,10-11H2,1-2H3. The topological polar surface area (TPSA) is 72.3 Å². The van der Waals surface area contributed by atoms with E-state index in [4.69, 9.17) is 0 Å². The van der Waals surface area contributed by atoms with Crippen LogP contribution in [0.3, 0.4) is 0 Å². The Kier molecular flexibility index (Phi) is 4.49. The fraction of sp³-hybridized carbons (Fsp3) is 0.588. The minimum Gasteiger partial charge on any atom is -0.353 e. The van der Waals surface area contributed by atoms with Gasteiger partial charge in [-0.25, -0.2) is 4.98 Å². The lowest BCUT2D eigenvalue weighted by Gasteiger charge is -2.41. The fourth-order valence-corrected chi connectivity index (χ4v) is 3.59. The summed E-state index contributed by atoms with van der Waals surface area (Å²) in [4.78, 5) is 20.9. The summed E-state index contributed by atoms with van der Waals surface area (Å²) in [5.74, 6) is 0.953. The molecule has 0 radical (unpaired) electrons. The Morgan fingerprint density at radius 3 is 2.96 bits per heavy atom. The molecule has 0 bridgehead atoms. The highest BCUT2D eigenvalue weighted by molar-refractivity contribution is 5.79. The first-order chi connectivity index (χ1) is 11.1. The number of piperidine rings is 1. The van der Waals surface area contributed by atoms with Crippen LogP contribution < -0.4 is 10.2 Å². The summed E-state index contributed by atoms with van der Waals surface area (Å²) in [5.41, 5.74) is 2.55. The van der Waals surface area contributed by atoms with Gasteiger partial charge in [0, 0.05) is 37.9 Å². The first-order valence-electron chi connectivity index (χ1n) is 8.23. The van der Waals surface area contributed by atoms with Crippen LogP contribution in [0, 0.1) is 25.2 Å². The third kappa shape index (κ3) is 3.15. The molecule has 1 unspecified atom stereocenters. The number of carbonyl (C=O) groups excluding carboxylic acids is 1. The van der Waals surface area contributed by atoms with Crippen LogP contribution in [0.4, 0.5) is 5.82 Å². The van der Waals surface area contributed by atoms with Gasteiger partial charge in [0.05, 0.1) is 12.1 Å². The maximum atomic E-state index is 12.1. The molecule has 3 rings (SSSR count). The van der Waals surface area contributed by atoms with Gasteiger partial charge in [0.2, 0.25) is 5.91 Å². The van der Waals surface area contributed by atoms with Gasteiger partial charge in [-0.2, -0.15) is 5.26 Å². The second-order valence-electron chi connectivity index (χ2n) is 6.40. The second-order valence-corrected chi connectivity index (χ2v) is 6.40. The summed E-state index contributed by atoms with van der Waals surface area (Å²) in [5, 5.41) is 12.6. The van der Waals surface area contributed by atoms with Crippen molar-refractivity contribution in [1.82, 2.24) is 15.2 Å². The number of hydrogen-bond acceptors (Lipinski definition) is 5. The molecule has 2 aliphatic rings. The number of nitriles is 1. The molecular formula is C17H23N5O. The lowest BCUT2D eigenvalue weighted by atomic mass is 10.0. The summed E-state index contributed by atoms with van der Waals surface area (Å²) in [6.07, 6.45) is 2.04. The van der Waals surface area contributed by atoms with E-state index in [1.807, 2.05) is 24.8 Å². The van der Waals surface area contributed by atoms with Gasteiger partial charge in [-0.3, -0.25) is 4.79 Å². The lowest BCUT2D eigenvalue weighted by Crippen LogP contribution is -2.57. The molecule has 1 amide bonds. The lowest BCUT2D eigenvalue weighted by molar-refractivity contribution is -0.134. The molecule has 0 spiro atoms. The molecule has 2 saturated heterocycles. The zero-order valence-corrected chi connectivity index (χ0v) is 13.8. The van der Waals surface area contributed by atoms with E-state index in [-0.39, 0.29) is 11.9 Å². The predicted molar refractivity (Wildman–Crippen MR) is 88.2 cm³/mol. The van der Waals surface area contributed by atoms with Crippen molar-refractivity contribution >= 4 is 11.7 Å². The van der Waals surface area contributed by atoms with Crippen molar-refractivity contribution in [2.24, 2.45) is 0 Å².